The van der Waals surface area contributed by atoms with Crippen LogP contribution in [-0.4, -0.2) is 15.3 Å². The van der Waals surface area contributed by atoms with Crippen LogP contribution in [0.1, 0.15) is 5.82 Å². The third-order valence-corrected chi connectivity index (χ3v) is 3.37. The van der Waals surface area contributed by atoms with Crippen LogP contribution in [0.5, 0.6) is 0 Å². The Hall–Kier alpha value is -1.42. The zero-order valence-electron chi connectivity index (χ0n) is 9.26. The maximum absolute atomic E-state index is 5.72. The second kappa shape index (κ2) is 5.07. The maximum atomic E-state index is 5.72. The molecule has 0 aliphatic carbocycles. The average Bonchev–Trinajstić information content (AvgIpc) is 2.65. The predicted molar refractivity (Wildman–Crippen MR) is 68.5 cm³/mol. The van der Waals surface area contributed by atoms with Crippen LogP contribution in [0.3, 0.4) is 0 Å². The molecule has 2 N–H and O–H groups in total. The average molecular weight is 233 g/mol. The highest BCUT2D eigenvalue weighted by atomic mass is 32.2. The molecule has 2 rings (SSSR count). The molecule has 0 unspecified atom stereocenters. The summed E-state index contributed by atoms with van der Waals surface area (Å²) in [5, 5.41) is 0. The summed E-state index contributed by atoms with van der Waals surface area (Å²) in [7, 11) is 2.02. The van der Waals surface area contributed by atoms with Crippen molar-refractivity contribution in [3.8, 4) is 0 Å². The minimum atomic E-state index is 0.821. The van der Waals surface area contributed by atoms with E-state index >= 15 is 0 Å². The highest BCUT2D eigenvalue weighted by molar-refractivity contribution is 7.99. The lowest BCUT2D eigenvalue weighted by Crippen LogP contribution is -1.98. The number of anilines is 1. The summed E-state index contributed by atoms with van der Waals surface area (Å²) in [4.78, 5) is 5.51. The molecule has 0 spiro atoms. The fourth-order valence-electron chi connectivity index (χ4n) is 1.50. The molecule has 2 aromatic rings. The Balaban J connectivity index is 1.87. The van der Waals surface area contributed by atoms with Crippen LogP contribution in [0.2, 0.25) is 0 Å². The van der Waals surface area contributed by atoms with Crippen molar-refractivity contribution in [2.45, 2.75) is 11.3 Å². The van der Waals surface area contributed by atoms with Crippen LogP contribution >= 0.6 is 11.8 Å². The van der Waals surface area contributed by atoms with E-state index in [1.165, 1.54) is 4.90 Å². The van der Waals surface area contributed by atoms with Crippen molar-refractivity contribution in [1.82, 2.24) is 9.55 Å². The predicted octanol–water partition coefficient (Wildman–Crippen LogP) is 2.34. The Kier molecular flexibility index (Phi) is 3.51. The number of thioether (sulfide) groups is 1. The van der Waals surface area contributed by atoms with Gasteiger partial charge in [-0.25, -0.2) is 4.98 Å². The van der Waals surface area contributed by atoms with Crippen molar-refractivity contribution in [1.29, 1.82) is 0 Å². The van der Waals surface area contributed by atoms with Gasteiger partial charge in [-0.1, -0.05) is 6.07 Å². The van der Waals surface area contributed by atoms with Crippen LogP contribution < -0.4 is 5.73 Å². The van der Waals surface area contributed by atoms with Crippen LogP contribution in [0.15, 0.2) is 41.6 Å². The highest BCUT2D eigenvalue weighted by Crippen LogP contribution is 2.20. The Morgan fingerprint density at radius 2 is 2.31 bits per heavy atom. The number of aryl methyl sites for hydroxylation is 2. The lowest BCUT2D eigenvalue weighted by Gasteiger charge is -2.03. The molecular formula is C12H15N3S. The van der Waals surface area contributed by atoms with E-state index in [1.54, 1.807) is 0 Å². The number of hydrogen-bond acceptors (Lipinski definition) is 3. The highest BCUT2D eigenvalue weighted by Gasteiger charge is 2.00. The first-order valence-electron chi connectivity index (χ1n) is 5.20. The quantitative estimate of drug-likeness (QED) is 0.651. The van der Waals surface area contributed by atoms with Gasteiger partial charge in [0.2, 0.25) is 0 Å². The minimum Gasteiger partial charge on any atom is -0.399 e. The number of hydrogen-bond donors (Lipinski definition) is 1. The monoisotopic (exact) mass is 233 g/mol. The van der Waals surface area contributed by atoms with Crippen molar-refractivity contribution >= 4 is 17.4 Å². The number of aromatic nitrogens is 2. The van der Waals surface area contributed by atoms with Gasteiger partial charge in [0.15, 0.2) is 0 Å². The van der Waals surface area contributed by atoms with Crippen LogP contribution in [0.4, 0.5) is 5.69 Å². The van der Waals surface area contributed by atoms with Crippen LogP contribution in [0.25, 0.3) is 0 Å². The SMILES string of the molecule is Cn1ccnc1CCSc1cccc(N)c1. The summed E-state index contributed by atoms with van der Waals surface area (Å²) in [5.74, 6) is 2.14. The zero-order chi connectivity index (χ0) is 11.4. The summed E-state index contributed by atoms with van der Waals surface area (Å²) in [6, 6.07) is 7.98. The molecule has 0 radical (unpaired) electrons. The van der Waals surface area contributed by atoms with Gasteiger partial charge >= 0.3 is 0 Å². The maximum Gasteiger partial charge on any atom is 0.109 e. The van der Waals surface area contributed by atoms with Gasteiger partial charge in [0.25, 0.3) is 0 Å². The van der Waals surface area contributed by atoms with Crippen LogP contribution in [-0.2, 0) is 13.5 Å². The minimum absolute atomic E-state index is 0.821. The van der Waals surface area contributed by atoms with Gasteiger partial charge in [-0.05, 0) is 18.2 Å². The third-order valence-electron chi connectivity index (χ3n) is 2.37. The largest absolute Gasteiger partial charge is 0.399 e. The first-order chi connectivity index (χ1) is 7.75. The fourth-order valence-corrected chi connectivity index (χ4v) is 2.42. The van der Waals surface area contributed by atoms with Gasteiger partial charge in [0, 0.05) is 42.2 Å². The number of nitrogens with two attached hydrogens (primary N) is 1. The van der Waals surface area contributed by atoms with E-state index in [4.69, 9.17) is 5.73 Å². The van der Waals surface area contributed by atoms with Crippen molar-refractivity contribution in [2.24, 2.45) is 7.05 Å². The van der Waals surface area contributed by atoms with E-state index in [0.717, 1.165) is 23.7 Å². The van der Waals surface area contributed by atoms with E-state index in [0.29, 0.717) is 0 Å². The topological polar surface area (TPSA) is 43.8 Å². The zero-order valence-corrected chi connectivity index (χ0v) is 10.1. The van der Waals surface area contributed by atoms with Gasteiger partial charge in [0.05, 0.1) is 0 Å². The lowest BCUT2D eigenvalue weighted by molar-refractivity contribution is 0.811. The number of rotatable bonds is 4. The summed E-state index contributed by atoms with van der Waals surface area (Å²) < 4.78 is 2.06. The smallest absolute Gasteiger partial charge is 0.109 e. The van der Waals surface area contributed by atoms with E-state index in [9.17, 15) is 0 Å². The van der Waals surface area contributed by atoms with Gasteiger partial charge in [-0.2, -0.15) is 0 Å². The van der Waals surface area contributed by atoms with Crippen LogP contribution in [0, 0.1) is 0 Å². The molecule has 4 heteroatoms. The molecular weight excluding hydrogens is 218 g/mol. The number of imidazole rings is 1. The standard InChI is InChI=1S/C12H15N3S/c1-15-7-6-14-12(15)5-8-16-11-4-2-3-10(13)9-11/h2-4,6-7,9H,5,8,13H2,1H3. The second-order valence-corrected chi connectivity index (χ2v) is 4.79. The fraction of sp³-hybridized carbons (Fsp3) is 0.250. The van der Waals surface area contributed by atoms with Gasteiger partial charge in [-0.15, -0.1) is 11.8 Å². The van der Waals surface area contributed by atoms with E-state index in [1.807, 2.05) is 49.4 Å². The Labute approximate surface area is 99.7 Å². The van der Waals surface area contributed by atoms with E-state index in [-0.39, 0.29) is 0 Å². The molecule has 16 heavy (non-hydrogen) atoms. The molecule has 0 bridgehead atoms. The normalized spacial score (nSPS) is 10.6. The number of nitrogens with zero attached hydrogens (tertiary/aromatic N) is 2. The molecule has 0 saturated carbocycles. The number of benzene rings is 1. The molecule has 0 amide bonds. The summed E-state index contributed by atoms with van der Waals surface area (Å²) >= 11 is 1.81. The molecule has 0 fully saturated rings. The summed E-state index contributed by atoms with van der Waals surface area (Å²) in [5.41, 5.74) is 6.54. The van der Waals surface area contributed by atoms with E-state index in [2.05, 4.69) is 15.6 Å². The van der Waals surface area contributed by atoms with Gasteiger partial charge < -0.3 is 10.3 Å². The van der Waals surface area contributed by atoms with Gasteiger partial charge in [-0.3, -0.25) is 0 Å². The Morgan fingerprint density at radius 1 is 1.44 bits per heavy atom. The summed E-state index contributed by atoms with van der Waals surface area (Å²) in [6.45, 7) is 0. The van der Waals surface area contributed by atoms with Crippen molar-refractivity contribution in [3.05, 3.63) is 42.5 Å². The third kappa shape index (κ3) is 2.79. The molecule has 84 valence electrons. The Bertz CT molecular complexity index is 465. The summed E-state index contributed by atoms with van der Waals surface area (Å²) in [6.07, 6.45) is 4.78. The van der Waals surface area contributed by atoms with Gasteiger partial charge in [0.1, 0.15) is 5.82 Å². The molecule has 1 heterocycles. The number of nitrogen functional groups attached to an aromatic ring is 1. The van der Waals surface area contributed by atoms with Crippen molar-refractivity contribution in [2.75, 3.05) is 11.5 Å². The lowest BCUT2D eigenvalue weighted by atomic mass is 10.3. The molecule has 0 aliphatic heterocycles. The van der Waals surface area contributed by atoms with Crippen molar-refractivity contribution in [3.63, 3.8) is 0 Å². The first-order valence-corrected chi connectivity index (χ1v) is 6.19. The van der Waals surface area contributed by atoms with Crippen molar-refractivity contribution < 1.29 is 0 Å². The van der Waals surface area contributed by atoms with E-state index < -0.39 is 0 Å². The molecule has 1 aromatic heterocycles. The molecule has 0 atom stereocenters. The molecule has 0 aliphatic rings. The Morgan fingerprint density at radius 3 is 3.00 bits per heavy atom. The second-order valence-electron chi connectivity index (χ2n) is 3.63. The molecule has 0 saturated heterocycles. The first kappa shape index (κ1) is 11.1. The molecule has 1 aromatic carbocycles. The molecule has 3 nitrogen and oxygen atoms in total.